The van der Waals surface area contributed by atoms with Gasteiger partial charge in [0.1, 0.15) is 11.3 Å². The first-order chi connectivity index (χ1) is 11.8. The molecule has 6 nitrogen and oxygen atoms in total. The van der Waals surface area contributed by atoms with Crippen LogP contribution in [0.15, 0.2) is 59.8 Å². The maximum absolute atomic E-state index is 11.3. The Kier molecular flexibility index (Phi) is 4.47. The van der Waals surface area contributed by atoms with Crippen LogP contribution in [0.4, 0.5) is 0 Å². The number of hydrogen-bond acceptors (Lipinski definition) is 5. The van der Waals surface area contributed by atoms with E-state index in [4.69, 9.17) is 4.74 Å². The fraction of sp³-hybridized carbons (Fsp3) is 0.111. The van der Waals surface area contributed by atoms with Crippen LogP contribution in [-0.2, 0) is 0 Å². The second kappa shape index (κ2) is 6.87. The second-order valence-electron chi connectivity index (χ2n) is 4.68. The Morgan fingerprint density at radius 3 is 2.67 bits per heavy atom. The largest absolute Gasteiger partial charge is 0.454 e. The Morgan fingerprint density at radius 2 is 1.79 bits per heavy atom. The van der Waals surface area contributed by atoms with Gasteiger partial charge in [0.15, 0.2) is 11.4 Å². The van der Waals surface area contributed by atoms with Crippen LogP contribution in [0.25, 0.3) is 22.1 Å². The van der Waals surface area contributed by atoms with Gasteiger partial charge in [0, 0.05) is 23.8 Å². The van der Waals surface area contributed by atoms with E-state index in [1.807, 2.05) is 44.2 Å². The quantitative estimate of drug-likeness (QED) is 0.609. The van der Waals surface area contributed by atoms with Crippen LogP contribution in [0.5, 0.6) is 11.5 Å². The van der Waals surface area contributed by atoms with Gasteiger partial charge in [0.05, 0.1) is 11.7 Å². The summed E-state index contributed by atoms with van der Waals surface area (Å²) in [6.45, 7) is 4.00. The predicted octanol–water partition coefficient (Wildman–Crippen LogP) is 3.68. The minimum absolute atomic E-state index is 0.300. The molecule has 0 saturated carbocycles. The third-order valence-corrected chi connectivity index (χ3v) is 3.27. The lowest BCUT2D eigenvalue weighted by Gasteiger charge is -2.09. The Hall–Kier alpha value is -3.28. The number of nitrogens with zero attached hydrogens (tertiary/aromatic N) is 3. The van der Waals surface area contributed by atoms with Crippen molar-refractivity contribution in [2.75, 3.05) is 0 Å². The molecule has 24 heavy (non-hydrogen) atoms. The molecule has 3 heterocycles. The maximum Gasteiger partial charge on any atom is 0.268 e. The molecule has 0 spiro atoms. The van der Waals surface area contributed by atoms with Gasteiger partial charge in [-0.1, -0.05) is 19.9 Å². The summed E-state index contributed by atoms with van der Waals surface area (Å²) in [5, 5.41) is 0.902. The molecule has 0 bridgehead atoms. The van der Waals surface area contributed by atoms with Crippen molar-refractivity contribution in [1.29, 1.82) is 0 Å². The van der Waals surface area contributed by atoms with Crippen molar-refractivity contribution in [1.82, 2.24) is 19.9 Å². The molecule has 0 aliphatic rings. The van der Waals surface area contributed by atoms with Crippen molar-refractivity contribution >= 4 is 22.1 Å². The van der Waals surface area contributed by atoms with E-state index in [9.17, 15) is 4.79 Å². The average Bonchev–Trinajstić information content (AvgIpc) is 2.64. The van der Waals surface area contributed by atoms with Crippen LogP contribution >= 0.6 is 0 Å². The van der Waals surface area contributed by atoms with Gasteiger partial charge in [-0.15, -0.1) is 0 Å². The zero-order valence-electron chi connectivity index (χ0n) is 13.4. The van der Waals surface area contributed by atoms with E-state index in [1.54, 1.807) is 18.5 Å². The highest BCUT2D eigenvalue weighted by Crippen LogP contribution is 2.31. The molecule has 6 heteroatoms. The number of benzene rings is 1. The number of H-pyrrole nitrogens is 1. The van der Waals surface area contributed by atoms with E-state index >= 15 is 0 Å². The third-order valence-electron chi connectivity index (χ3n) is 3.27. The normalized spacial score (nSPS) is 10.2. The van der Waals surface area contributed by atoms with Gasteiger partial charge in [0.2, 0.25) is 0 Å². The van der Waals surface area contributed by atoms with Crippen molar-refractivity contribution in [3.05, 3.63) is 65.3 Å². The summed E-state index contributed by atoms with van der Waals surface area (Å²) in [5.41, 5.74) is 1.44. The molecule has 4 rings (SSSR count). The second-order valence-corrected chi connectivity index (χ2v) is 4.68. The van der Waals surface area contributed by atoms with E-state index in [2.05, 4.69) is 19.9 Å². The van der Waals surface area contributed by atoms with Crippen molar-refractivity contribution in [2.24, 2.45) is 0 Å². The predicted molar refractivity (Wildman–Crippen MR) is 93.3 cm³/mol. The molecule has 1 N–H and O–H groups in total. The summed E-state index contributed by atoms with van der Waals surface area (Å²) in [7, 11) is 0. The molecule has 1 aromatic carbocycles. The summed E-state index contributed by atoms with van der Waals surface area (Å²) in [4.78, 5) is 26.5. The van der Waals surface area contributed by atoms with Gasteiger partial charge in [-0.25, -0.2) is 9.97 Å². The number of hydrogen-bond donors (Lipinski definition) is 1. The van der Waals surface area contributed by atoms with Crippen LogP contribution < -0.4 is 10.3 Å². The zero-order chi connectivity index (χ0) is 16.9. The van der Waals surface area contributed by atoms with Crippen LogP contribution in [-0.4, -0.2) is 19.9 Å². The highest BCUT2D eigenvalue weighted by Gasteiger charge is 2.09. The summed E-state index contributed by atoms with van der Waals surface area (Å²) in [6.07, 6.45) is 4.51. The number of nitrogens with one attached hydrogen (secondary N) is 1. The van der Waals surface area contributed by atoms with Gasteiger partial charge < -0.3 is 9.72 Å². The molecular formula is C18H16N4O2. The Labute approximate surface area is 138 Å². The molecule has 0 atom stereocenters. The molecule has 0 aliphatic carbocycles. The van der Waals surface area contributed by atoms with Crippen molar-refractivity contribution in [3.8, 4) is 11.5 Å². The number of aromatic nitrogens is 4. The van der Waals surface area contributed by atoms with Crippen molar-refractivity contribution < 1.29 is 4.74 Å². The molecule has 0 amide bonds. The maximum atomic E-state index is 11.3. The highest BCUT2D eigenvalue weighted by molar-refractivity contribution is 5.86. The Bertz CT molecular complexity index is 1040. The van der Waals surface area contributed by atoms with E-state index in [0.717, 1.165) is 10.9 Å². The zero-order valence-corrected chi connectivity index (χ0v) is 13.4. The van der Waals surface area contributed by atoms with E-state index in [-0.39, 0.29) is 5.56 Å². The summed E-state index contributed by atoms with van der Waals surface area (Å²) < 4.78 is 5.98. The first-order valence-electron chi connectivity index (χ1n) is 7.67. The number of rotatable bonds is 2. The summed E-state index contributed by atoms with van der Waals surface area (Å²) in [6, 6.07) is 11.2. The van der Waals surface area contributed by atoms with Gasteiger partial charge in [-0.3, -0.25) is 9.78 Å². The monoisotopic (exact) mass is 320 g/mol. The summed E-state index contributed by atoms with van der Waals surface area (Å²) >= 11 is 0. The van der Waals surface area contributed by atoms with Crippen LogP contribution in [0.3, 0.4) is 0 Å². The average molecular weight is 320 g/mol. The lowest BCUT2D eigenvalue weighted by Crippen LogP contribution is -2.06. The van der Waals surface area contributed by atoms with Gasteiger partial charge in [0.25, 0.3) is 5.56 Å². The fourth-order valence-corrected chi connectivity index (χ4v) is 2.29. The van der Waals surface area contributed by atoms with Crippen LogP contribution in [0.1, 0.15) is 13.8 Å². The lowest BCUT2D eigenvalue weighted by atomic mass is 10.2. The Balaban J connectivity index is 0.000000815. The molecule has 0 saturated heterocycles. The molecular weight excluding hydrogens is 304 g/mol. The molecule has 0 unspecified atom stereocenters. The number of aromatic amines is 1. The van der Waals surface area contributed by atoms with Crippen molar-refractivity contribution in [3.63, 3.8) is 0 Å². The highest BCUT2D eigenvalue weighted by atomic mass is 16.5. The molecule has 4 aromatic rings. The minimum atomic E-state index is -0.300. The van der Waals surface area contributed by atoms with Gasteiger partial charge in [-0.05, 0) is 24.3 Å². The van der Waals surface area contributed by atoms with Crippen molar-refractivity contribution in [2.45, 2.75) is 13.8 Å². The molecule has 3 aromatic heterocycles. The first-order valence-corrected chi connectivity index (χ1v) is 7.67. The SMILES string of the molecule is CC.O=c1cnc2c(Oc3cccc4ncccc34)ccnc2[nH]1. The molecule has 0 radical (unpaired) electrons. The number of ether oxygens (including phenoxy) is 1. The van der Waals surface area contributed by atoms with E-state index < -0.39 is 0 Å². The van der Waals surface area contributed by atoms with E-state index in [0.29, 0.717) is 22.7 Å². The standard InChI is InChI=1S/C16H10N4O2.C2H6/c21-14-9-19-15-13(6-8-18-16(15)20-14)22-12-5-1-4-11-10(12)3-2-7-17-11;1-2/h1-9H,(H,18,20,21);1-2H3. The van der Waals surface area contributed by atoms with Crippen LogP contribution in [0.2, 0.25) is 0 Å². The minimum Gasteiger partial charge on any atom is -0.454 e. The fourth-order valence-electron chi connectivity index (χ4n) is 2.29. The molecule has 0 aliphatic heterocycles. The summed E-state index contributed by atoms with van der Waals surface area (Å²) in [5.74, 6) is 1.20. The van der Waals surface area contributed by atoms with Gasteiger partial charge in [-0.2, -0.15) is 0 Å². The third kappa shape index (κ3) is 2.94. The molecule has 120 valence electrons. The Morgan fingerprint density at radius 1 is 0.917 bits per heavy atom. The molecule has 0 fully saturated rings. The number of pyridine rings is 2. The topological polar surface area (TPSA) is 80.8 Å². The van der Waals surface area contributed by atoms with Gasteiger partial charge >= 0.3 is 0 Å². The smallest absolute Gasteiger partial charge is 0.268 e. The van der Waals surface area contributed by atoms with E-state index in [1.165, 1.54) is 6.20 Å². The number of fused-ring (bicyclic) bond motifs is 2. The lowest BCUT2D eigenvalue weighted by molar-refractivity contribution is 0.492. The first kappa shape index (κ1) is 15.6. The van der Waals surface area contributed by atoms with Crippen LogP contribution in [0, 0.1) is 0 Å².